The average Bonchev–Trinajstić information content (AvgIpc) is 2.48. The molecule has 1 atom stereocenters. The highest BCUT2D eigenvalue weighted by Crippen LogP contribution is 2.32. The Morgan fingerprint density at radius 2 is 2.31 bits per heavy atom. The highest BCUT2D eigenvalue weighted by atomic mass is 16.5. The molecule has 0 radical (unpaired) electrons. The molecule has 1 unspecified atom stereocenters. The fourth-order valence-corrected chi connectivity index (χ4v) is 2.18. The van der Waals surface area contributed by atoms with Crippen LogP contribution in [0.2, 0.25) is 0 Å². The zero-order chi connectivity index (χ0) is 11.5. The zero-order valence-corrected chi connectivity index (χ0v) is 10.3. The van der Waals surface area contributed by atoms with Crippen LogP contribution in [0.5, 0.6) is 5.75 Å². The van der Waals surface area contributed by atoms with Gasteiger partial charge in [0.05, 0.1) is 18.5 Å². The second-order valence-corrected chi connectivity index (χ2v) is 4.41. The zero-order valence-electron chi connectivity index (χ0n) is 10.3. The van der Waals surface area contributed by atoms with Crippen molar-refractivity contribution in [1.82, 2.24) is 0 Å². The monoisotopic (exact) mass is 220 g/mol. The molecule has 3 nitrogen and oxygen atoms in total. The van der Waals surface area contributed by atoms with Crippen molar-refractivity contribution in [2.45, 2.75) is 13.8 Å². The van der Waals surface area contributed by atoms with Gasteiger partial charge in [0.1, 0.15) is 5.75 Å². The Morgan fingerprint density at radius 1 is 1.50 bits per heavy atom. The van der Waals surface area contributed by atoms with E-state index >= 15 is 0 Å². The molecular formula is C13H20N2O. The highest BCUT2D eigenvalue weighted by molar-refractivity contribution is 5.72. The van der Waals surface area contributed by atoms with Gasteiger partial charge >= 0.3 is 0 Å². The van der Waals surface area contributed by atoms with E-state index in [0.29, 0.717) is 5.92 Å². The van der Waals surface area contributed by atoms with E-state index in [0.717, 1.165) is 25.4 Å². The van der Waals surface area contributed by atoms with Gasteiger partial charge in [0.2, 0.25) is 0 Å². The van der Waals surface area contributed by atoms with E-state index in [2.05, 4.69) is 36.2 Å². The van der Waals surface area contributed by atoms with Gasteiger partial charge in [-0.2, -0.15) is 0 Å². The van der Waals surface area contributed by atoms with Crippen LogP contribution >= 0.6 is 0 Å². The molecule has 88 valence electrons. The number of nitrogens with one attached hydrogen (secondary N) is 1. The summed E-state index contributed by atoms with van der Waals surface area (Å²) in [4.78, 5) is 2.42. The Kier molecular flexibility index (Phi) is 3.22. The predicted octanol–water partition coefficient (Wildman–Crippen LogP) is 2.58. The van der Waals surface area contributed by atoms with Crippen molar-refractivity contribution in [2.75, 3.05) is 37.0 Å². The molecule has 1 aliphatic heterocycles. The minimum atomic E-state index is 0.665. The topological polar surface area (TPSA) is 24.5 Å². The van der Waals surface area contributed by atoms with Crippen molar-refractivity contribution in [3.63, 3.8) is 0 Å². The van der Waals surface area contributed by atoms with Gasteiger partial charge in [0, 0.05) is 25.7 Å². The van der Waals surface area contributed by atoms with Crippen LogP contribution in [0.25, 0.3) is 0 Å². The number of hydrogen-bond acceptors (Lipinski definition) is 3. The number of anilines is 2. The van der Waals surface area contributed by atoms with Gasteiger partial charge in [0.15, 0.2) is 0 Å². The fraction of sp³-hybridized carbons (Fsp3) is 0.538. The molecule has 1 N–H and O–H groups in total. The second kappa shape index (κ2) is 4.64. The first kappa shape index (κ1) is 11.1. The number of benzene rings is 1. The lowest BCUT2D eigenvalue weighted by Gasteiger charge is -2.24. The van der Waals surface area contributed by atoms with E-state index in [4.69, 9.17) is 4.74 Å². The van der Waals surface area contributed by atoms with Crippen molar-refractivity contribution in [3.05, 3.63) is 18.2 Å². The summed E-state index contributed by atoms with van der Waals surface area (Å²) in [5.41, 5.74) is 2.47. The molecule has 1 aromatic rings. The first-order chi connectivity index (χ1) is 7.74. The number of fused-ring (bicyclic) bond motifs is 1. The maximum Gasteiger partial charge on any atom is 0.121 e. The maximum atomic E-state index is 5.26. The molecule has 0 bridgehead atoms. The smallest absolute Gasteiger partial charge is 0.121 e. The van der Waals surface area contributed by atoms with Crippen LogP contribution in [0, 0.1) is 5.92 Å². The third kappa shape index (κ3) is 2.08. The Balaban J connectivity index is 2.36. The highest BCUT2D eigenvalue weighted by Gasteiger charge is 2.18. The van der Waals surface area contributed by atoms with Crippen LogP contribution in [0.15, 0.2) is 18.2 Å². The molecular weight excluding hydrogens is 200 g/mol. The van der Waals surface area contributed by atoms with Crippen LogP contribution in [0.3, 0.4) is 0 Å². The van der Waals surface area contributed by atoms with E-state index in [9.17, 15) is 0 Å². The third-order valence-corrected chi connectivity index (χ3v) is 3.10. The molecule has 1 aromatic carbocycles. The minimum Gasteiger partial charge on any atom is -0.497 e. The summed E-state index contributed by atoms with van der Waals surface area (Å²) in [7, 11) is 1.71. The summed E-state index contributed by atoms with van der Waals surface area (Å²) in [5, 5.41) is 3.49. The number of rotatable bonds is 2. The Bertz CT molecular complexity index is 365. The van der Waals surface area contributed by atoms with Crippen molar-refractivity contribution in [1.29, 1.82) is 0 Å². The van der Waals surface area contributed by atoms with Gasteiger partial charge in [-0.25, -0.2) is 0 Å². The summed E-state index contributed by atoms with van der Waals surface area (Å²) in [6.45, 7) is 7.66. The molecule has 0 saturated heterocycles. The Morgan fingerprint density at radius 3 is 3.00 bits per heavy atom. The number of methoxy groups -OCH3 is 1. The number of hydrogen-bond donors (Lipinski definition) is 1. The second-order valence-electron chi connectivity index (χ2n) is 4.41. The number of ether oxygens (including phenoxy) is 1. The summed E-state index contributed by atoms with van der Waals surface area (Å²) < 4.78 is 5.26. The van der Waals surface area contributed by atoms with Crippen LogP contribution in [0.4, 0.5) is 11.4 Å². The third-order valence-electron chi connectivity index (χ3n) is 3.10. The van der Waals surface area contributed by atoms with E-state index in [-0.39, 0.29) is 0 Å². The molecule has 2 rings (SSSR count). The Hall–Kier alpha value is -1.38. The molecule has 0 aromatic heterocycles. The van der Waals surface area contributed by atoms with Crippen molar-refractivity contribution < 1.29 is 4.74 Å². The van der Waals surface area contributed by atoms with Gasteiger partial charge in [-0.3, -0.25) is 0 Å². The molecule has 0 amide bonds. The van der Waals surface area contributed by atoms with Crippen LogP contribution < -0.4 is 15.0 Å². The molecule has 3 heteroatoms. The van der Waals surface area contributed by atoms with Crippen molar-refractivity contribution in [3.8, 4) is 5.75 Å². The lowest BCUT2D eigenvalue weighted by molar-refractivity contribution is 0.415. The molecule has 0 aliphatic carbocycles. The lowest BCUT2D eigenvalue weighted by atomic mass is 10.2. The van der Waals surface area contributed by atoms with Crippen LogP contribution in [0.1, 0.15) is 13.8 Å². The van der Waals surface area contributed by atoms with E-state index in [1.807, 2.05) is 6.07 Å². The van der Waals surface area contributed by atoms with Crippen molar-refractivity contribution >= 4 is 11.4 Å². The van der Waals surface area contributed by atoms with Gasteiger partial charge in [-0.15, -0.1) is 0 Å². The average molecular weight is 220 g/mol. The molecule has 0 fully saturated rings. The standard InChI is InChI=1S/C13H20N2O/c1-4-15-9-10(2)8-14-12-7-11(16-3)5-6-13(12)15/h5-7,10,14H,4,8-9H2,1-3H3. The molecule has 16 heavy (non-hydrogen) atoms. The van der Waals surface area contributed by atoms with Crippen LogP contribution in [-0.2, 0) is 0 Å². The fourth-order valence-electron chi connectivity index (χ4n) is 2.18. The summed E-state index contributed by atoms with van der Waals surface area (Å²) >= 11 is 0. The summed E-state index contributed by atoms with van der Waals surface area (Å²) in [6.07, 6.45) is 0. The SMILES string of the molecule is CCN1CC(C)CNc2cc(OC)ccc21. The first-order valence-corrected chi connectivity index (χ1v) is 5.91. The van der Waals surface area contributed by atoms with E-state index in [1.165, 1.54) is 11.4 Å². The van der Waals surface area contributed by atoms with Gasteiger partial charge in [-0.1, -0.05) is 6.92 Å². The normalized spacial score (nSPS) is 19.7. The largest absolute Gasteiger partial charge is 0.497 e. The first-order valence-electron chi connectivity index (χ1n) is 5.91. The predicted molar refractivity (Wildman–Crippen MR) is 68.5 cm³/mol. The van der Waals surface area contributed by atoms with Gasteiger partial charge in [-0.05, 0) is 25.0 Å². The minimum absolute atomic E-state index is 0.665. The summed E-state index contributed by atoms with van der Waals surface area (Å²) in [6, 6.07) is 6.25. The molecule has 0 spiro atoms. The Labute approximate surface area is 97.4 Å². The molecule has 0 saturated carbocycles. The van der Waals surface area contributed by atoms with E-state index in [1.54, 1.807) is 7.11 Å². The lowest BCUT2D eigenvalue weighted by Crippen LogP contribution is -2.28. The van der Waals surface area contributed by atoms with Gasteiger partial charge < -0.3 is 15.0 Å². The van der Waals surface area contributed by atoms with E-state index < -0.39 is 0 Å². The summed E-state index contributed by atoms with van der Waals surface area (Å²) in [5.74, 6) is 1.58. The number of nitrogens with zero attached hydrogens (tertiary/aromatic N) is 1. The van der Waals surface area contributed by atoms with Gasteiger partial charge in [0.25, 0.3) is 0 Å². The molecule has 1 aliphatic rings. The molecule has 1 heterocycles. The van der Waals surface area contributed by atoms with Crippen molar-refractivity contribution in [2.24, 2.45) is 5.92 Å². The van der Waals surface area contributed by atoms with Crippen LogP contribution in [-0.4, -0.2) is 26.7 Å². The maximum absolute atomic E-state index is 5.26. The quantitative estimate of drug-likeness (QED) is 0.829.